The molecule has 1 aliphatic rings. The van der Waals surface area contributed by atoms with E-state index in [0.717, 1.165) is 25.7 Å². The van der Waals surface area contributed by atoms with Gasteiger partial charge in [-0.1, -0.05) is 0 Å². The van der Waals surface area contributed by atoms with E-state index in [4.69, 9.17) is 5.26 Å². The Morgan fingerprint density at radius 2 is 2.38 bits per heavy atom. The summed E-state index contributed by atoms with van der Waals surface area (Å²) in [6.07, 6.45) is 6.27. The van der Waals surface area contributed by atoms with E-state index >= 15 is 0 Å². The molecule has 1 aliphatic carbocycles. The van der Waals surface area contributed by atoms with Crippen molar-refractivity contribution < 1.29 is 5.11 Å². The predicted molar refractivity (Wildman–Crippen MR) is 58.6 cm³/mol. The Balaban J connectivity index is 2.06. The molecule has 84 valence electrons. The van der Waals surface area contributed by atoms with Gasteiger partial charge >= 0.3 is 0 Å². The summed E-state index contributed by atoms with van der Waals surface area (Å²) in [5, 5.41) is 21.6. The van der Waals surface area contributed by atoms with Crippen molar-refractivity contribution in [2.24, 2.45) is 0 Å². The highest BCUT2D eigenvalue weighted by atomic mass is 16.3. The molecule has 1 aromatic heterocycles. The Morgan fingerprint density at radius 1 is 1.50 bits per heavy atom. The zero-order chi connectivity index (χ0) is 11.4. The van der Waals surface area contributed by atoms with Crippen LogP contribution in [0, 0.1) is 11.3 Å². The molecule has 0 radical (unpaired) electrons. The van der Waals surface area contributed by atoms with Crippen LogP contribution < -0.4 is 5.32 Å². The van der Waals surface area contributed by atoms with Gasteiger partial charge < -0.3 is 10.4 Å². The highest BCUT2D eigenvalue weighted by Crippen LogP contribution is 2.22. The van der Waals surface area contributed by atoms with E-state index in [1.807, 2.05) is 6.07 Å². The summed E-state index contributed by atoms with van der Waals surface area (Å²) in [4.78, 5) is 7.84. The summed E-state index contributed by atoms with van der Waals surface area (Å²) in [7, 11) is 0. The van der Waals surface area contributed by atoms with Crippen molar-refractivity contribution in [1.29, 1.82) is 5.26 Å². The predicted octanol–water partition coefficient (Wildman–Crippen LogP) is 1.06. The molecule has 1 fully saturated rings. The number of anilines is 1. The number of nitriles is 1. The van der Waals surface area contributed by atoms with Crippen LogP contribution in [0.2, 0.25) is 0 Å². The molecule has 0 unspecified atom stereocenters. The van der Waals surface area contributed by atoms with Gasteiger partial charge in [0.25, 0.3) is 0 Å². The minimum atomic E-state index is -0.237. The second-order valence-corrected chi connectivity index (χ2v) is 4.06. The van der Waals surface area contributed by atoms with E-state index < -0.39 is 0 Å². The highest BCUT2D eigenvalue weighted by molar-refractivity contribution is 5.50. The van der Waals surface area contributed by atoms with Crippen LogP contribution in [-0.4, -0.2) is 27.2 Å². The number of nitrogens with one attached hydrogen (secondary N) is 1. The molecule has 0 aromatic carbocycles. The van der Waals surface area contributed by atoms with Gasteiger partial charge in [0.05, 0.1) is 12.3 Å². The van der Waals surface area contributed by atoms with Gasteiger partial charge in [0.2, 0.25) is 0 Å². The molecule has 0 amide bonds. The Kier molecular flexibility index (Phi) is 3.32. The van der Waals surface area contributed by atoms with Crippen LogP contribution in [0.25, 0.3) is 0 Å². The van der Waals surface area contributed by atoms with Crippen LogP contribution in [0.1, 0.15) is 31.2 Å². The molecule has 2 N–H and O–H groups in total. The summed E-state index contributed by atoms with van der Waals surface area (Å²) in [6.45, 7) is 0. The molecule has 1 heterocycles. The fraction of sp³-hybridized carbons (Fsp3) is 0.545. The van der Waals surface area contributed by atoms with E-state index in [9.17, 15) is 5.11 Å². The summed E-state index contributed by atoms with van der Waals surface area (Å²) in [6, 6.07) is 2.25. The third kappa shape index (κ3) is 2.47. The lowest BCUT2D eigenvalue weighted by molar-refractivity contribution is 0.124. The van der Waals surface area contributed by atoms with E-state index in [1.54, 1.807) is 0 Å². The van der Waals surface area contributed by atoms with Crippen molar-refractivity contribution in [1.82, 2.24) is 9.97 Å². The molecule has 0 aliphatic heterocycles. The second-order valence-electron chi connectivity index (χ2n) is 4.06. The minimum absolute atomic E-state index is 0.200. The lowest BCUT2D eigenvalue weighted by Crippen LogP contribution is -2.30. The fourth-order valence-electron chi connectivity index (χ4n) is 2.01. The lowest BCUT2D eigenvalue weighted by Gasteiger charge is -2.27. The number of aliphatic hydroxyl groups excluding tert-OH is 1. The largest absolute Gasteiger partial charge is 0.393 e. The summed E-state index contributed by atoms with van der Waals surface area (Å²) >= 11 is 0. The monoisotopic (exact) mass is 218 g/mol. The Morgan fingerprint density at radius 3 is 3.12 bits per heavy atom. The van der Waals surface area contributed by atoms with E-state index in [1.165, 1.54) is 12.5 Å². The van der Waals surface area contributed by atoms with Crippen molar-refractivity contribution in [3.63, 3.8) is 0 Å². The van der Waals surface area contributed by atoms with Gasteiger partial charge in [-0.2, -0.15) is 5.26 Å². The van der Waals surface area contributed by atoms with Crippen LogP contribution in [0.4, 0.5) is 5.82 Å². The fourth-order valence-corrected chi connectivity index (χ4v) is 2.01. The molecule has 2 atom stereocenters. The van der Waals surface area contributed by atoms with E-state index in [0.29, 0.717) is 11.4 Å². The second kappa shape index (κ2) is 4.90. The Hall–Kier alpha value is -1.67. The zero-order valence-electron chi connectivity index (χ0n) is 8.93. The van der Waals surface area contributed by atoms with Crippen molar-refractivity contribution in [2.45, 2.75) is 37.8 Å². The van der Waals surface area contributed by atoms with Gasteiger partial charge in [0.15, 0.2) is 0 Å². The number of nitrogens with zero attached hydrogens (tertiary/aromatic N) is 3. The van der Waals surface area contributed by atoms with Crippen LogP contribution >= 0.6 is 0 Å². The molecule has 1 saturated carbocycles. The maximum Gasteiger partial charge on any atom is 0.147 e. The van der Waals surface area contributed by atoms with Gasteiger partial charge in [0.1, 0.15) is 23.8 Å². The maximum atomic E-state index is 9.55. The lowest BCUT2D eigenvalue weighted by atomic mass is 9.93. The molecular formula is C11H14N4O. The van der Waals surface area contributed by atoms with Gasteiger partial charge in [-0.3, -0.25) is 0 Å². The third-order valence-electron chi connectivity index (χ3n) is 2.82. The first-order chi connectivity index (χ1) is 7.79. The molecule has 5 heteroatoms. The molecule has 0 bridgehead atoms. The van der Waals surface area contributed by atoms with Gasteiger partial charge in [0, 0.05) is 6.04 Å². The summed E-state index contributed by atoms with van der Waals surface area (Å²) in [5.74, 6) is 0.566. The normalized spacial score (nSPS) is 24.8. The van der Waals surface area contributed by atoms with Crippen molar-refractivity contribution in [3.05, 3.63) is 18.1 Å². The van der Waals surface area contributed by atoms with Crippen LogP contribution in [-0.2, 0) is 0 Å². The van der Waals surface area contributed by atoms with Crippen LogP contribution in [0.5, 0.6) is 0 Å². The number of hydrogen-bond donors (Lipinski definition) is 2. The first-order valence-electron chi connectivity index (χ1n) is 5.44. The minimum Gasteiger partial charge on any atom is -0.393 e. The smallest absolute Gasteiger partial charge is 0.147 e. The molecule has 2 rings (SSSR count). The molecule has 5 nitrogen and oxygen atoms in total. The quantitative estimate of drug-likeness (QED) is 0.775. The van der Waals surface area contributed by atoms with Gasteiger partial charge in [-0.15, -0.1) is 0 Å². The Bertz CT molecular complexity index is 401. The SMILES string of the molecule is N#Cc1cncnc1N[C@@H]1CCC[C@H](O)C1. The summed E-state index contributed by atoms with van der Waals surface area (Å²) in [5.41, 5.74) is 0.447. The maximum absolute atomic E-state index is 9.55. The zero-order valence-corrected chi connectivity index (χ0v) is 8.93. The number of rotatable bonds is 2. The molecule has 0 saturated heterocycles. The number of aromatic nitrogens is 2. The average molecular weight is 218 g/mol. The van der Waals surface area contributed by atoms with E-state index in [-0.39, 0.29) is 12.1 Å². The number of aliphatic hydroxyl groups is 1. The first-order valence-corrected chi connectivity index (χ1v) is 5.44. The average Bonchev–Trinajstić information content (AvgIpc) is 2.30. The molecule has 0 spiro atoms. The molecule has 16 heavy (non-hydrogen) atoms. The van der Waals surface area contributed by atoms with Crippen molar-refractivity contribution in [3.8, 4) is 6.07 Å². The standard InChI is InChI=1S/C11H14N4O/c12-5-8-6-13-7-14-11(8)15-9-2-1-3-10(16)4-9/h6-7,9-10,16H,1-4H2,(H,13,14,15)/t9-,10+/m1/s1. The van der Waals surface area contributed by atoms with Crippen LogP contribution in [0.15, 0.2) is 12.5 Å². The van der Waals surface area contributed by atoms with Crippen molar-refractivity contribution in [2.75, 3.05) is 5.32 Å². The Labute approximate surface area is 94.2 Å². The van der Waals surface area contributed by atoms with Gasteiger partial charge in [-0.05, 0) is 25.7 Å². The molecular weight excluding hydrogens is 204 g/mol. The molecule has 1 aromatic rings. The van der Waals surface area contributed by atoms with E-state index in [2.05, 4.69) is 15.3 Å². The van der Waals surface area contributed by atoms with Gasteiger partial charge in [-0.25, -0.2) is 9.97 Å². The van der Waals surface area contributed by atoms with Crippen LogP contribution in [0.3, 0.4) is 0 Å². The van der Waals surface area contributed by atoms with Crippen molar-refractivity contribution >= 4 is 5.82 Å². The first kappa shape index (κ1) is 10.8. The third-order valence-corrected chi connectivity index (χ3v) is 2.82. The number of hydrogen-bond acceptors (Lipinski definition) is 5. The summed E-state index contributed by atoms with van der Waals surface area (Å²) < 4.78 is 0. The topological polar surface area (TPSA) is 81.8 Å². The highest BCUT2D eigenvalue weighted by Gasteiger charge is 2.20.